The highest BCUT2D eigenvalue weighted by Crippen LogP contribution is 2.56. The average molecular weight is 530 g/mol. The molecule has 204 valence electrons. The van der Waals surface area contributed by atoms with E-state index in [1.165, 1.54) is 18.2 Å². The summed E-state index contributed by atoms with van der Waals surface area (Å²) in [5.74, 6) is -3.62. The number of benzene rings is 2. The molecule has 7 N–H and O–H groups in total. The van der Waals surface area contributed by atoms with Crippen LogP contribution < -0.4 is 5.32 Å². The maximum Gasteiger partial charge on any atom is 0.202 e. The molecule has 1 aliphatic heterocycles. The van der Waals surface area contributed by atoms with Crippen LogP contribution in [0.5, 0.6) is 17.2 Å². The molecule has 5 rings (SSSR count). The molecule has 1 fully saturated rings. The SMILES string of the molecule is CC[C@@]1(O)C[C@H](O[C@H]2C[C@H](NC)[C@H](O)[C@H](C)O2)c2c(O)c3c(c(O)c2[C@H]1O)C(=O)c1cccc(O)c1C3=O. The fourth-order valence-electron chi connectivity index (χ4n) is 5.90. The quantitative estimate of drug-likeness (QED) is 0.242. The minimum absolute atomic E-state index is 0.0358. The topological polar surface area (TPSA) is 186 Å². The van der Waals surface area contributed by atoms with Gasteiger partial charge >= 0.3 is 0 Å². The van der Waals surface area contributed by atoms with Gasteiger partial charge in [-0.05, 0) is 26.5 Å². The van der Waals surface area contributed by atoms with E-state index in [2.05, 4.69) is 5.32 Å². The highest BCUT2D eigenvalue weighted by atomic mass is 16.7. The Morgan fingerprint density at radius 2 is 1.71 bits per heavy atom. The number of hydrogen-bond donors (Lipinski definition) is 7. The summed E-state index contributed by atoms with van der Waals surface area (Å²) < 4.78 is 12.0. The first-order valence-electron chi connectivity index (χ1n) is 12.5. The summed E-state index contributed by atoms with van der Waals surface area (Å²) in [4.78, 5) is 26.8. The van der Waals surface area contributed by atoms with Gasteiger partial charge in [-0.15, -0.1) is 0 Å². The van der Waals surface area contributed by atoms with Crippen LogP contribution in [-0.2, 0) is 9.47 Å². The molecule has 0 radical (unpaired) electrons. The maximum absolute atomic E-state index is 13.5. The number of hydrogen-bond acceptors (Lipinski definition) is 11. The van der Waals surface area contributed by atoms with Gasteiger partial charge in [-0.25, -0.2) is 0 Å². The van der Waals surface area contributed by atoms with Crippen LogP contribution >= 0.6 is 0 Å². The standard InChI is InChI=1S/C27H31NO10/c1-4-27(36)9-14(38-15-8-12(28-3)21(30)10(2)37-15)17-20(26(27)35)25(34)18-19(24(17)33)23(32)16-11(22(18)31)6-5-7-13(16)29/h5-7,10,12,14-15,21,26,28-30,33-36H,4,8-9H2,1-3H3/t10-,12-,14-,15-,21+,26+,27+/m0/s1. The third-order valence-corrected chi connectivity index (χ3v) is 8.14. The van der Waals surface area contributed by atoms with E-state index in [-0.39, 0.29) is 47.6 Å². The molecule has 11 nitrogen and oxygen atoms in total. The summed E-state index contributed by atoms with van der Waals surface area (Å²) >= 11 is 0. The van der Waals surface area contributed by atoms with Crippen LogP contribution in [0.2, 0.25) is 0 Å². The number of carbonyl (C=O) groups is 2. The van der Waals surface area contributed by atoms with Gasteiger partial charge in [0.2, 0.25) is 5.78 Å². The number of phenolic OH excluding ortho intramolecular Hbond substituents is 3. The molecule has 1 heterocycles. The second kappa shape index (κ2) is 9.30. The van der Waals surface area contributed by atoms with Crippen molar-refractivity contribution in [2.24, 2.45) is 0 Å². The summed E-state index contributed by atoms with van der Waals surface area (Å²) in [6, 6.07) is 3.53. The lowest BCUT2D eigenvalue weighted by Crippen LogP contribution is -2.53. The predicted octanol–water partition coefficient (Wildman–Crippen LogP) is 1.30. The monoisotopic (exact) mass is 529 g/mol. The molecule has 11 heteroatoms. The van der Waals surface area contributed by atoms with E-state index in [1.807, 2.05) is 0 Å². The number of rotatable bonds is 4. The number of nitrogens with one attached hydrogen (secondary N) is 1. The van der Waals surface area contributed by atoms with E-state index >= 15 is 0 Å². The largest absolute Gasteiger partial charge is 0.507 e. The molecule has 38 heavy (non-hydrogen) atoms. The van der Waals surface area contributed by atoms with Crippen LogP contribution in [0.1, 0.15) is 88.3 Å². The van der Waals surface area contributed by atoms with E-state index in [1.54, 1.807) is 20.9 Å². The molecule has 0 amide bonds. The summed E-state index contributed by atoms with van der Waals surface area (Å²) in [5.41, 5.74) is -3.81. The van der Waals surface area contributed by atoms with Crippen molar-refractivity contribution in [1.82, 2.24) is 5.32 Å². The van der Waals surface area contributed by atoms with Crippen molar-refractivity contribution < 1.29 is 49.7 Å². The van der Waals surface area contributed by atoms with Gasteiger partial charge in [0, 0.05) is 35.6 Å². The first-order chi connectivity index (χ1) is 17.9. The lowest BCUT2D eigenvalue weighted by atomic mass is 9.70. The Bertz CT molecular complexity index is 1330. The van der Waals surface area contributed by atoms with Gasteiger partial charge in [-0.1, -0.05) is 19.1 Å². The van der Waals surface area contributed by atoms with Crippen molar-refractivity contribution in [3.05, 3.63) is 51.6 Å². The number of likely N-dealkylation sites (N-methyl/N-ethyl adjacent to an activating group) is 1. The van der Waals surface area contributed by atoms with Crippen LogP contribution in [0.4, 0.5) is 0 Å². The molecule has 1 saturated heterocycles. The number of aromatic hydroxyl groups is 3. The average Bonchev–Trinajstić information content (AvgIpc) is 2.88. The Labute approximate surface area is 218 Å². The summed E-state index contributed by atoms with van der Waals surface area (Å²) in [7, 11) is 1.68. The van der Waals surface area contributed by atoms with Crippen LogP contribution in [0, 0.1) is 0 Å². The van der Waals surface area contributed by atoms with Crippen molar-refractivity contribution in [3.8, 4) is 17.2 Å². The van der Waals surface area contributed by atoms with Crippen molar-refractivity contribution >= 4 is 11.6 Å². The molecular formula is C27H31NO10. The Kier molecular flexibility index (Phi) is 6.49. The molecular weight excluding hydrogens is 498 g/mol. The first-order valence-corrected chi connectivity index (χ1v) is 12.5. The summed E-state index contributed by atoms with van der Waals surface area (Å²) in [5, 5.41) is 68.9. The number of carbonyl (C=O) groups excluding carboxylic acids is 2. The zero-order valence-electron chi connectivity index (χ0n) is 21.1. The van der Waals surface area contributed by atoms with Crippen LogP contribution in [0.15, 0.2) is 18.2 Å². The summed E-state index contributed by atoms with van der Waals surface area (Å²) in [6.45, 7) is 3.29. The molecule has 0 unspecified atom stereocenters. The van der Waals surface area contributed by atoms with Crippen molar-refractivity contribution in [1.29, 1.82) is 0 Å². The highest BCUT2D eigenvalue weighted by molar-refractivity contribution is 6.31. The van der Waals surface area contributed by atoms with Crippen LogP contribution in [0.3, 0.4) is 0 Å². The Hall–Kier alpha value is -3.06. The van der Waals surface area contributed by atoms with E-state index in [0.29, 0.717) is 0 Å². The van der Waals surface area contributed by atoms with E-state index in [4.69, 9.17) is 9.47 Å². The van der Waals surface area contributed by atoms with Crippen molar-refractivity contribution in [3.63, 3.8) is 0 Å². The van der Waals surface area contributed by atoms with Gasteiger partial charge in [-0.3, -0.25) is 9.59 Å². The smallest absolute Gasteiger partial charge is 0.202 e. The zero-order valence-corrected chi connectivity index (χ0v) is 21.1. The highest BCUT2D eigenvalue weighted by Gasteiger charge is 2.51. The number of fused-ring (bicyclic) bond motifs is 3. The van der Waals surface area contributed by atoms with E-state index in [0.717, 1.165) is 0 Å². The first kappa shape index (κ1) is 26.5. The predicted molar refractivity (Wildman–Crippen MR) is 131 cm³/mol. The van der Waals surface area contributed by atoms with Crippen LogP contribution in [0.25, 0.3) is 0 Å². The minimum atomic E-state index is -1.81. The maximum atomic E-state index is 13.5. The molecule has 3 aliphatic rings. The normalized spacial score (nSPS) is 32.5. The molecule has 7 atom stereocenters. The van der Waals surface area contributed by atoms with E-state index in [9.17, 15) is 40.2 Å². The number of aliphatic hydroxyl groups excluding tert-OH is 2. The Morgan fingerprint density at radius 3 is 2.37 bits per heavy atom. The lowest BCUT2D eigenvalue weighted by molar-refractivity contribution is -0.254. The fourth-order valence-corrected chi connectivity index (χ4v) is 5.90. The Balaban J connectivity index is 1.68. The van der Waals surface area contributed by atoms with Gasteiger partial charge in [0.15, 0.2) is 12.1 Å². The van der Waals surface area contributed by atoms with E-state index < -0.39 is 76.2 Å². The molecule has 2 aromatic rings. The number of aliphatic hydroxyl groups is 3. The minimum Gasteiger partial charge on any atom is -0.507 e. The number of phenols is 3. The zero-order chi connectivity index (χ0) is 27.7. The molecule has 0 bridgehead atoms. The lowest BCUT2D eigenvalue weighted by Gasteiger charge is -2.45. The second-order valence-electron chi connectivity index (χ2n) is 10.2. The summed E-state index contributed by atoms with van der Waals surface area (Å²) in [6.07, 6.45) is -5.22. The van der Waals surface area contributed by atoms with Gasteiger partial charge in [0.1, 0.15) is 23.4 Å². The number of ether oxygens (including phenoxy) is 2. The third kappa shape index (κ3) is 3.73. The fraction of sp³-hybridized carbons (Fsp3) is 0.481. The molecule has 2 aromatic carbocycles. The molecule has 0 aromatic heterocycles. The molecule has 2 aliphatic carbocycles. The van der Waals surface area contributed by atoms with Gasteiger partial charge in [0.25, 0.3) is 0 Å². The molecule has 0 saturated carbocycles. The molecule has 0 spiro atoms. The van der Waals surface area contributed by atoms with Gasteiger partial charge in [0.05, 0.1) is 40.6 Å². The van der Waals surface area contributed by atoms with Crippen LogP contribution in [-0.4, -0.2) is 79.4 Å². The van der Waals surface area contributed by atoms with Crippen molar-refractivity contribution in [2.45, 2.75) is 75.5 Å². The third-order valence-electron chi connectivity index (χ3n) is 8.14. The second-order valence-corrected chi connectivity index (χ2v) is 10.2. The van der Waals surface area contributed by atoms with Crippen molar-refractivity contribution in [2.75, 3.05) is 7.05 Å². The number of ketones is 2. The Morgan fingerprint density at radius 1 is 1.05 bits per heavy atom. The van der Waals surface area contributed by atoms with Gasteiger partial charge < -0.3 is 45.4 Å². The van der Waals surface area contributed by atoms with Gasteiger partial charge in [-0.2, -0.15) is 0 Å².